The number of fused-ring (bicyclic) bond motifs is 1. The quantitative estimate of drug-likeness (QED) is 0.619. The lowest BCUT2D eigenvalue weighted by molar-refractivity contribution is -0.129. The molecule has 4 nitrogen and oxygen atoms in total. The van der Waals surface area contributed by atoms with E-state index < -0.39 is 11.7 Å². The molecule has 3 rings (SSSR count). The second-order valence-electron chi connectivity index (χ2n) is 5.14. The average Bonchev–Trinajstić information content (AvgIpc) is 2.96. The predicted octanol–water partition coefficient (Wildman–Crippen LogP) is 3.04. The largest absolute Gasteiger partial charge is 0.348 e. The van der Waals surface area contributed by atoms with Crippen LogP contribution in [-0.4, -0.2) is 27.7 Å². The van der Waals surface area contributed by atoms with Crippen LogP contribution in [0.5, 0.6) is 0 Å². The molecule has 1 unspecified atom stereocenters. The number of rotatable bonds is 2. The highest BCUT2D eigenvalue weighted by atomic mass is 79.9. The first-order valence-electron chi connectivity index (χ1n) is 6.84. The highest BCUT2D eigenvalue weighted by Gasteiger charge is 2.31. The molecule has 1 aromatic heterocycles. The minimum atomic E-state index is -0.450. The van der Waals surface area contributed by atoms with E-state index in [0.29, 0.717) is 12.1 Å². The molecule has 1 aliphatic heterocycles. The van der Waals surface area contributed by atoms with Gasteiger partial charge in [-0.3, -0.25) is 9.59 Å². The van der Waals surface area contributed by atoms with Crippen LogP contribution in [0.2, 0.25) is 0 Å². The first kappa shape index (κ1) is 14.1. The average molecular weight is 347 g/mol. The molecule has 1 amide bonds. The van der Waals surface area contributed by atoms with Crippen LogP contribution in [0.3, 0.4) is 0 Å². The predicted molar refractivity (Wildman–Crippen MR) is 83.0 cm³/mol. The van der Waals surface area contributed by atoms with Gasteiger partial charge in [-0.05, 0) is 43.3 Å². The van der Waals surface area contributed by atoms with E-state index in [1.54, 1.807) is 29.2 Å². The summed E-state index contributed by atoms with van der Waals surface area (Å²) in [7, 11) is 0. The maximum Gasteiger partial charge on any atom is 0.295 e. The maximum absolute atomic E-state index is 12.5. The lowest BCUT2D eigenvalue weighted by Crippen LogP contribution is -2.44. The van der Waals surface area contributed by atoms with Crippen LogP contribution in [0.25, 0.3) is 0 Å². The molecule has 0 radical (unpaired) electrons. The number of carbonyl (C=O) groups is 2. The fourth-order valence-electron chi connectivity index (χ4n) is 2.71. The molecule has 1 aliphatic rings. The normalized spacial score (nSPS) is 17.4. The van der Waals surface area contributed by atoms with Gasteiger partial charge in [-0.25, -0.2) is 0 Å². The van der Waals surface area contributed by atoms with E-state index >= 15 is 0 Å². The number of aromatic nitrogens is 1. The number of hydrogen-bond acceptors (Lipinski definition) is 2. The first-order chi connectivity index (χ1) is 10.1. The van der Waals surface area contributed by atoms with Gasteiger partial charge in [0.25, 0.3) is 5.91 Å². The number of Topliss-reactive ketones (excluding diaryl/α,β-unsaturated/α-hetero) is 1. The van der Waals surface area contributed by atoms with Gasteiger partial charge >= 0.3 is 0 Å². The van der Waals surface area contributed by atoms with Gasteiger partial charge in [0.05, 0.1) is 6.04 Å². The van der Waals surface area contributed by atoms with Crippen LogP contribution in [-0.2, 0) is 11.3 Å². The minimum absolute atomic E-state index is 0.0827. The molecule has 5 heteroatoms. The van der Waals surface area contributed by atoms with Gasteiger partial charge < -0.3 is 9.47 Å². The van der Waals surface area contributed by atoms with E-state index in [1.807, 2.05) is 25.3 Å². The molecule has 0 bridgehead atoms. The van der Waals surface area contributed by atoms with Gasteiger partial charge in [-0.15, -0.1) is 0 Å². The van der Waals surface area contributed by atoms with E-state index in [9.17, 15) is 9.59 Å². The Bertz CT molecular complexity index is 691. The monoisotopic (exact) mass is 346 g/mol. The number of benzene rings is 1. The second kappa shape index (κ2) is 5.48. The van der Waals surface area contributed by atoms with Crippen molar-refractivity contribution < 1.29 is 9.59 Å². The summed E-state index contributed by atoms with van der Waals surface area (Å²) in [4.78, 5) is 26.5. The zero-order valence-electron chi connectivity index (χ0n) is 11.6. The third-order valence-corrected chi connectivity index (χ3v) is 4.43. The number of carbonyl (C=O) groups excluding carboxylic acids is 2. The van der Waals surface area contributed by atoms with Crippen molar-refractivity contribution in [1.82, 2.24) is 9.47 Å². The van der Waals surface area contributed by atoms with Crippen molar-refractivity contribution in [2.24, 2.45) is 0 Å². The lowest BCUT2D eigenvalue weighted by Gasteiger charge is -2.34. The van der Waals surface area contributed by atoms with Crippen LogP contribution in [0.15, 0.2) is 47.1 Å². The number of nitrogens with zero attached hydrogens (tertiary/aromatic N) is 2. The molecule has 108 valence electrons. The summed E-state index contributed by atoms with van der Waals surface area (Å²) in [5.41, 5.74) is 1.49. The van der Waals surface area contributed by atoms with Gasteiger partial charge in [0.1, 0.15) is 0 Å². The third kappa shape index (κ3) is 2.53. The molecule has 2 aromatic rings. The zero-order valence-corrected chi connectivity index (χ0v) is 13.2. The summed E-state index contributed by atoms with van der Waals surface area (Å²) in [6, 6.07) is 10.8. The zero-order chi connectivity index (χ0) is 15.0. The Hall–Kier alpha value is -1.88. The van der Waals surface area contributed by atoms with E-state index in [4.69, 9.17) is 0 Å². The smallest absolute Gasteiger partial charge is 0.295 e. The summed E-state index contributed by atoms with van der Waals surface area (Å²) in [6.45, 7) is 3.24. The summed E-state index contributed by atoms with van der Waals surface area (Å²) < 4.78 is 3.01. The Kier molecular flexibility index (Phi) is 3.68. The Morgan fingerprint density at radius 3 is 2.57 bits per heavy atom. The minimum Gasteiger partial charge on any atom is -0.348 e. The molecule has 0 fully saturated rings. The summed E-state index contributed by atoms with van der Waals surface area (Å²) in [6.07, 6.45) is 2.00. The molecule has 1 atom stereocenters. The number of amides is 1. The van der Waals surface area contributed by atoms with Crippen LogP contribution in [0.1, 0.15) is 29.0 Å². The van der Waals surface area contributed by atoms with Crippen molar-refractivity contribution in [3.63, 3.8) is 0 Å². The van der Waals surface area contributed by atoms with Crippen molar-refractivity contribution >= 4 is 27.6 Å². The van der Waals surface area contributed by atoms with Crippen LogP contribution in [0, 0.1) is 0 Å². The molecule has 0 aliphatic carbocycles. The number of ketones is 1. The van der Waals surface area contributed by atoms with E-state index in [2.05, 4.69) is 20.5 Å². The Balaban J connectivity index is 1.83. The molecular formula is C16H15BrN2O2. The molecule has 0 saturated heterocycles. The van der Waals surface area contributed by atoms with Crippen molar-refractivity contribution in [2.45, 2.75) is 19.5 Å². The summed E-state index contributed by atoms with van der Waals surface area (Å²) in [5, 5.41) is 0. The highest BCUT2D eigenvalue weighted by Crippen LogP contribution is 2.26. The van der Waals surface area contributed by atoms with Gasteiger partial charge in [0.2, 0.25) is 5.78 Å². The second-order valence-corrected chi connectivity index (χ2v) is 6.05. The molecule has 2 heterocycles. The number of halogens is 1. The standard InChI is InChI=1S/C16H15BrN2O2/c1-11-14-3-2-8-18(14)9-10-19(11)16(21)15(20)12-4-6-13(17)7-5-12/h2-8,11H,9-10H2,1H3. The molecule has 0 N–H and O–H groups in total. The summed E-state index contributed by atoms with van der Waals surface area (Å²) in [5.74, 6) is -0.883. The molecule has 1 aromatic carbocycles. The van der Waals surface area contributed by atoms with Gasteiger partial charge in [-0.1, -0.05) is 15.9 Å². The van der Waals surface area contributed by atoms with Crippen molar-refractivity contribution in [3.8, 4) is 0 Å². The molecular weight excluding hydrogens is 332 g/mol. The Morgan fingerprint density at radius 2 is 1.86 bits per heavy atom. The van der Waals surface area contributed by atoms with Gasteiger partial charge in [0, 0.05) is 35.0 Å². The summed E-state index contributed by atoms with van der Waals surface area (Å²) >= 11 is 3.32. The number of hydrogen-bond donors (Lipinski definition) is 0. The SMILES string of the molecule is CC1c2cccn2CCN1C(=O)C(=O)c1ccc(Br)cc1. The highest BCUT2D eigenvalue weighted by molar-refractivity contribution is 9.10. The topological polar surface area (TPSA) is 42.3 Å². The van der Waals surface area contributed by atoms with Crippen LogP contribution in [0.4, 0.5) is 0 Å². The van der Waals surface area contributed by atoms with Gasteiger partial charge in [-0.2, -0.15) is 0 Å². The van der Waals surface area contributed by atoms with Gasteiger partial charge in [0.15, 0.2) is 0 Å². The molecule has 0 spiro atoms. The van der Waals surface area contributed by atoms with E-state index in [1.165, 1.54) is 0 Å². The Morgan fingerprint density at radius 1 is 1.14 bits per heavy atom. The van der Waals surface area contributed by atoms with Crippen molar-refractivity contribution in [3.05, 3.63) is 58.3 Å². The van der Waals surface area contributed by atoms with E-state index in [0.717, 1.165) is 16.7 Å². The van der Waals surface area contributed by atoms with Crippen molar-refractivity contribution in [1.29, 1.82) is 0 Å². The third-order valence-electron chi connectivity index (χ3n) is 3.90. The molecule has 0 saturated carbocycles. The molecule has 21 heavy (non-hydrogen) atoms. The fraction of sp³-hybridized carbons (Fsp3) is 0.250. The Labute approximate surface area is 131 Å². The van der Waals surface area contributed by atoms with Crippen molar-refractivity contribution in [2.75, 3.05) is 6.54 Å². The van der Waals surface area contributed by atoms with Crippen LogP contribution >= 0.6 is 15.9 Å². The lowest BCUT2D eigenvalue weighted by atomic mass is 10.1. The fourth-order valence-corrected chi connectivity index (χ4v) is 2.98. The van der Waals surface area contributed by atoms with E-state index in [-0.39, 0.29) is 6.04 Å². The van der Waals surface area contributed by atoms with Crippen LogP contribution < -0.4 is 0 Å². The first-order valence-corrected chi connectivity index (χ1v) is 7.63. The maximum atomic E-state index is 12.5.